The van der Waals surface area contributed by atoms with Crippen LogP contribution in [0, 0.1) is 0 Å². The maximum atomic E-state index is 12.4. The summed E-state index contributed by atoms with van der Waals surface area (Å²) in [6.07, 6.45) is 6.94. The van der Waals surface area contributed by atoms with Crippen LogP contribution in [0.3, 0.4) is 0 Å². The van der Waals surface area contributed by atoms with Crippen molar-refractivity contribution in [1.82, 2.24) is 19.7 Å². The van der Waals surface area contributed by atoms with Gasteiger partial charge in [0.1, 0.15) is 12.8 Å². The number of aromatic nitrogens is 3. The van der Waals surface area contributed by atoms with Gasteiger partial charge in [-0.2, -0.15) is 5.10 Å². The number of fused-ring (bicyclic) bond motifs is 1. The van der Waals surface area contributed by atoms with Crippen LogP contribution >= 0.6 is 11.3 Å². The summed E-state index contributed by atoms with van der Waals surface area (Å²) in [5.41, 5.74) is 1.39. The van der Waals surface area contributed by atoms with Gasteiger partial charge < -0.3 is 9.32 Å². The smallest absolute Gasteiger partial charge is 0.260 e. The molecule has 8 nitrogen and oxygen atoms in total. The molecule has 1 aliphatic rings. The molecule has 3 aromatic heterocycles. The van der Waals surface area contributed by atoms with Crippen molar-refractivity contribution in [3.8, 4) is 0 Å². The van der Waals surface area contributed by atoms with E-state index in [0.29, 0.717) is 30.2 Å². The molecular formula is C16H15N5O3S. The fourth-order valence-corrected chi connectivity index (χ4v) is 3.68. The van der Waals surface area contributed by atoms with E-state index in [2.05, 4.69) is 15.4 Å². The summed E-state index contributed by atoms with van der Waals surface area (Å²) in [7, 11) is 0. The fraction of sp³-hybridized carbons (Fsp3) is 0.250. The molecule has 4 rings (SSSR count). The lowest BCUT2D eigenvalue weighted by molar-refractivity contribution is -0.132. The third-order valence-corrected chi connectivity index (χ3v) is 4.94. The zero-order chi connectivity index (χ0) is 17.2. The van der Waals surface area contributed by atoms with Gasteiger partial charge in [0.2, 0.25) is 5.91 Å². The van der Waals surface area contributed by atoms with Crippen molar-refractivity contribution in [2.24, 2.45) is 0 Å². The maximum absolute atomic E-state index is 12.4. The normalized spacial score (nSPS) is 13.5. The summed E-state index contributed by atoms with van der Waals surface area (Å²) >= 11 is 1.40. The van der Waals surface area contributed by atoms with E-state index < -0.39 is 0 Å². The first-order valence-electron chi connectivity index (χ1n) is 7.76. The number of furan rings is 1. The van der Waals surface area contributed by atoms with E-state index in [-0.39, 0.29) is 18.4 Å². The molecule has 0 saturated heterocycles. The highest BCUT2D eigenvalue weighted by molar-refractivity contribution is 7.15. The molecule has 128 valence electrons. The van der Waals surface area contributed by atoms with Gasteiger partial charge in [0, 0.05) is 30.2 Å². The maximum Gasteiger partial charge on any atom is 0.260 e. The highest BCUT2D eigenvalue weighted by Crippen LogP contribution is 2.28. The van der Waals surface area contributed by atoms with Gasteiger partial charge in [-0.1, -0.05) is 11.3 Å². The van der Waals surface area contributed by atoms with Gasteiger partial charge in [0.25, 0.3) is 5.91 Å². The summed E-state index contributed by atoms with van der Waals surface area (Å²) in [5, 5.41) is 7.37. The first-order chi connectivity index (χ1) is 12.2. The van der Waals surface area contributed by atoms with Crippen molar-refractivity contribution in [2.45, 2.75) is 19.5 Å². The molecular weight excluding hydrogens is 342 g/mol. The zero-order valence-electron chi connectivity index (χ0n) is 13.2. The highest BCUT2D eigenvalue weighted by Gasteiger charge is 2.25. The van der Waals surface area contributed by atoms with E-state index in [1.165, 1.54) is 23.9 Å². The molecule has 0 bridgehead atoms. The zero-order valence-corrected chi connectivity index (χ0v) is 14.0. The van der Waals surface area contributed by atoms with Crippen LogP contribution in [0.5, 0.6) is 0 Å². The van der Waals surface area contributed by atoms with Gasteiger partial charge in [0.05, 0.1) is 24.1 Å². The van der Waals surface area contributed by atoms with Crippen molar-refractivity contribution >= 4 is 28.3 Å². The van der Waals surface area contributed by atoms with E-state index in [4.69, 9.17) is 4.42 Å². The highest BCUT2D eigenvalue weighted by atomic mass is 32.1. The van der Waals surface area contributed by atoms with E-state index in [0.717, 1.165) is 10.6 Å². The topological polar surface area (TPSA) is 93.3 Å². The standard InChI is InChI=1S/C16H15N5O3S/c22-14(9-21-5-1-4-17-21)20-6-2-12-13(8-20)25-16(18-12)19-15(23)11-3-7-24-10-11/h1,3-5,7,10H,2,6,8-9H2,(H,18,19,23). The van der Waals surface area contributed by atoms with Crippen molar-refractivity contribution in [1.29, 1.82) is 0 Å². The molecule has 2 amide bonds. The number of amides is 2. The number of hydrogen-bond acceptors (Lipinski definition) is 6. The molecule has 0 unspecified atom stereocenters. The van der Waals surface area contributed by atoms with Crippen molar-refractivity contribution in [3.05, 3.63) is 53.2 Å². The molecule has 0 atom stereocenters. The average molecular weight is 357 g/mol. The van der Waals surface area contributed by atoms with Crippen LogP contribution in [-0.4, -0.2) is 38.0 Å². The molecule has 0 aromatic carbocycles. The van der Waals surface area contributed by atoms with Gasteiger partial charge in [-0.05, 0) is 12.1 Å². The van der Waals surface area contributed by atoms with Crippen molar-refractivity contribution in [2.75, 3.05) is 11.9 Å². The Morgan fingerprint density at radius 3 is 3.08 bits per heavy atom. The first kappa shape index (κ1) is 15.6. The second kappa shape index (κ2) is 6.52. The van der Waals surface area contributed by atoms with Gasteiger partial charge in [-0.15, -0.1) is 0 Å². The second-order valence-corrected chi connectivity index (χ2v) is 6.71. The van der Waals surface area contributed by atoms with Crippen LogP contribution in [0.2, 0.25) is 0 Å². The van der Waals surface area contributed by atoms with Gasteiger partial charge in [0.15, 0.2) is 5.13 Å². The van der Waals surface area contributed by atoms with Crippen LogP contribution in [0.25, 0.3) is 0 Å². The predicted octanol–water partition coefficient (Wildman–Crippen LogP) is 1.77. The monoisotopic (exact) mass is 357 g/mol. The molecule has 9 heteroatoms. The Bertz CT molecular complexity index is 885. The lowest BCUT2D eigenvalue weighted by atomic mass is 10.2. The molecule has 4 heterocycles. The summed E-state index contributed by atoms with van der Waals surface area (Å²) in [6, 6.07) is 3.39. The molecule has 0 radical (unpaired) electrons. The molecule has 1 aliphatic heterocycles. The lowest BCUT2D eigenvalue weighted by Crippen LogP contribution is -2.37. The lowest BCUT2D eigenvalue weighted by Gasteiger charge is -2.26. The SMILES string of the molecule is O=C(Nc1nc2c(s1)CN(C(=O)Cn1cccn1)CC2)c1ccoc1. The third kappa shape index (κ3) is 3.31. The number of carbonyl (C=O) groups is 2. The van der Waals surface area contributed by atoms with Crippen LogP contribution in [0.4, 0.5) is 5.13 Å². The van der Waals surface area contributed by atoms with E-state index in [9.17, 15) is 9.59 Å². The van der Waals surface area contributed by atoms with E-state index >= 15 is 0 Å². The number of hydrogen-bond donors (Lipinski definition) is 1. The Hall–Kier alpha value is -2.94. The predicted molar refractivity (Wildman–Crippen MR) is 90.1 cm³/mol. The fourth-order valence-electron chi connectivity index (χ4n) is 2.66. The van der Waals surface area contributed by atoms with Gasteiger partial charge >= 0.3 is 0 Å². The Morgan fingerprint density at radius 1 is 1.40 bits per heavy atom. The Balaban J connectivity index is 1.42. The number of nitrogens with one attached hydrogen (secondary N) is 1. The molecule has 0 saturated carbocycles. The van der Waals surface area contributed by atoms with Gasteiger partial charge in [-0.3, -0.25) is 19.6 Å². The Kier molecular flexibility index (Phi) is 4.06. The summed E-state index contributed by atoms with van der Waals surface area (Å²) < 4.78 is 6.52. The number of thiazole rings is 1. The molecule has 3 aromatic rings. The van der Waals surface area contributed by atoms with Crippen molar-refractivity contribution in [3.63, 3.8) is 0 Å². The third-order valence-electron chi connectivity index (χ3n) is 3.94. The number of rotatable bonds is 4. The molecule has 1 N–H and O–H groups in total. The number of anilines is 1. The molecule has 0 fully saturated rings. The quantitative estimate of drug-likeness (QED) is 0.768. The Labute approximate surface area is 147 Å². The summed E-state index contributed by atoms with van der Waals surface area (Å²) in [5.74, 6) is -0.238. The number of carbonyl (C=O) groups excluding carboxylic acids is 2. The largest absolute Gasteiger partial charge is 0.472 e. The average Bonchev–Trinajstić information content (AvgIpc) is 3.35. The minimum Gasteiger partial charge on any atom is -0.472 e. The first-order valence-corrected chi connectivity index (χ1v) is 8.58. The van der Waals surface area contributed by atoms with Crippen LogP contribution in [0.1, 0.15) is 20.9 Å². The molecule has 0 spiro atoms. The van der Waals surface area contributed by atoms with Crippen LogP contribution < -0.4 is 5.32 Å². The van der Waals surface area contributed by atoms with Gasteiger partial charge in [-0.25, -0.2) is 4.98 Å². The molecule has 0 aliphatic carbocycles. The second-order valence-electron chi connectivity index (χ2n) is 5.62. The Morgan fingerprint density at radius 2 is 2.32 bits per heavy atom. The minimum absolute atomic E-state index is 0.0201. The van der Waals surface area contributed by atoms with Crippen molar-refractivity contribution < 1.29 is 14.0 Å². The van der Waals surface area contributed by atoms with Crippen LogP contribution in [-0.2, 0) is 24.3 Å². The van der Waals surface area contributed by atoms with Crippen LogP contribution in [0.15, 0.2) is 41.5 Å². The minimum atomic E-state index is -0.258. The number of nitrogens with zero attached hydrogens (tertiary/aromatic N) is 4. The summed E-state index contributed by atoms with van der Waals surface area (Å²) in [4.78, 5) is 31.7. The summed E-state index contributed by atoms with van der Waals surface area (Å²) in [6.45, 7) is 1.35. The van der Waals surface area contributed by atoms with E-state index in [1.54, 1.807) is 34.1 Å². The van der Waals surface area contributed by atoms with E-state index in [1.807, 2.05) is 0 Å². The molecule has 25 heavy (non-hydrogen) atoms.